The molecule has 0 aliphatic heterocycles. The first-order valence-corrected chi connectivity index (χ1v) is 5.86. The first-order chi connectivity index (χ1) is 8.36. The van der Waals surface area contributed by atoms with E-state index in [-0.39, 0.29) is 42.6 Å². The van der Waals surface area contributed by atoms with Crippen LogP contribution in [0, 0.1) is 0 Å². The predicted octanol–water partition coefficient (Wildman–Crippen LogP) is -0.0444. The van der Waals surface area contributed by atoms with E-state index >= 15 is 0 Å². The van der Waals surface area contributed by atoms with Gasteiger partial charge < -0.3 is 15.4 Å². The van der Waals surface area contributed by atoms with Crippen LogP contribution in [0.4, 0.5) is 0 Å². The highest BCUT2D eigenvalue weighted by atomic mass is 16.2. The summed E-state index contributed by atoms with van der Waals surface area (Å²) >= 11 is 0. The molecule has 0 aromatic heterocycles. The highest BCUT2D eigenvalue weighted by Gasteiger charge is 2.17. The van der Waals surface area contributed by atoms with Crippen LogP contribution in [-0.4, -0.2) is 36.5 Å². The molecule has 0 rings (SSSR count). The van der Waals surface area contributed by atoms with Gasteiger partial charge in [0.05, 0.1) is 6.04 Å². The first kappa shape index (κ1) is 16.3. The van der Waals surface area contributed by atoms with Crippen LogP contribution >= 0.6 is 0 Å². The van der Waals surface area contributed by atoms with Gasteiger partial charge in [-0.1, -0.05) is 0 Å². The van der Waals surface area contributed by atoms with Crippen LogP contribution in [0.2, 0.25) is 0 Å². The largest absolute Gasteiger partial charge is 0.359 e. The third-order valence-electron chi connectivity index (χ3n) is 2.47. The van der Waals surface area contributed by atoms with E-state index in [1.165, 1.54) is 20.9 Å². The second-order valence-corrected chi connectivity index (χ2v) is 4.14. The highest BCUT2D eigenvalue weighted by Crippen LogP contribution is 2.01. The Bertz CT molecular complexity index is 339. The van der Waals surface area contributed by atoms with Crippen LogP contribution in [-0.2, 0) is 19.2 Å². The Balaban J connectivity index is 4.15. The molecule has 1 atom stereocenters. The maximum absolute atomic E-state index is 11.5. The summed E-state index contributed by atoms with van der Waals surface area (Å²) in [6.07, 6.45) is 0.666. The van der Waals surface area contributed by atoms with Gasteiger partial charge in [0.15, 0.2) is 5.78 Å². The molecular weight excluding hydrogens is 236 g/mol. The predicted molar refractivity (Wildman–Crippen MR) is 65.8 cm³/mol. The van der Waals surface area contributed by atoms with Gasteiger partial charge in [-0.2, -0.15) is 0 Å². The van der Waals surface area contributed by atoms with E-state index in [4.69, 9.17) is 0 Å². The smallest absolute Gasteiger partial charge is 0.221 e. The fraction of sp³-hybridized carbons (Fsp3) is 0.667. The zero-order valence-corrected chi connectivity index (χ0v) is 11.0. The van der Waals surface area contributed by atoms with Gasteiger partial charge in [0.1, 0.15) is 5.78 Å². The zero-order valence-electron chi connectivity index (χ0n) is 11.0. The molecule has 2 N–H and O–H groups in total. The molecule has 0 saturated heterocycles. The Morgan fingerprint density at radius 3 is 1.94 bits per heavy atom. The molecule has 6 heteroatoms. The van der Waals surface area contributed by atoms with Crippen molar-refractivity contribution in [2.24, 2.45) is 0 Å². The number of carbonyl (C=O) groups excluding carboxylic acids is 4. The molecule has 0 aliphatic rings. The molecule has 0 fully saturated rings. The number of hydrogen-bond donors (Lipinski definition) is 2. The molecule has 0 heterocycles. The number of rotatable bonds is 8. The van der Waals surface area contributed by atoms with Crippen molar-refractivity contribution in [1.82, 2.24) is 10.6 Å². The SMILES string of the molecule is CNC(=O)CCC(=O)NC(CCC(C)=O)C(C)=O. The van der Waals surface area contributed by atoms with E-state index < -0.39 is 6.04 Å². The number of hydrogen-bond acceptors (Lipinski definition) is 4. The van der Waals surface area contributed by atoms with Crippen molar-refractivity contribution in [2.75, 3.05) is 7.05 Å². The lowest BCUT2D eigenvalue weighted by Gasteiger charge is -2.15. The van der Waals surface area contributed by atoms with Gasteiger partial charge in [-0.25, -0.2) is 0 Å². The Morgan fingerprint density at radius 1 is 0.944 bits per heavy atom. The minimum absolute atomic E-state index is 0.0270. The molecule has 0 spiro atoms. The molecule has 6 nitrogen and oxygen atoms in total. The maximum atomic E-state index is 11.5. The van der Waals surface area contributed by atoms with Gasteiger partial charge in [-0.15, -0.1) is 0 Å². The number of amides is 2. The van der Waals surface area contributed by atoms with Gasteiger partial charge in [0.2, 0.25) is 11.8 Å². The quantitative estimate of drug-likeness (QED) is 0.637. The maximum Gasteiger partial charge on any atom is 0.221 e. The lowest BCUT2D eigenvalue weighted by Crippen LogP contribution is -2.40. The summed E-state index contributed by atoms with van der Waals surface area (Å²) < 4.78 is 0. The third kappa shape index (κ3) is 7.54. The molecule has 0 aromatic rings. The average Bonchev–Trinajstić information content (AvgIpc) is 2.30. The normalized spacial score (nSPS) is 11.5. The van der Waals surface area contributed by atoms with Crippen molar-refractivity contribution < 1.29 is 19.2 Å². The van der Waals surface area contributed by atoms with Crippen molar-refractivity contribution >= 4 is 23.4 Å². The zero-order chi connectivity index (χ0) is 14.1. The van der Waals surface area contributed by atoms with Crippen molar-refractivity contribution in [2.45, 2.75) is 45.6 Å². The van der Waals surface area contributed by atoms with Crippen LogP contribution in [0.5, 0.6) is 0 Å². The molecule has 18 heavy (non-hydrogen) atoms. The molecule has 1 unspecified atom stereocenters. The van der Waals surface area contributed by atoms with Gasteiger partial charge >= 0.3 is 0 Å². The van der Waals surface area contributed by atoms with Crippen molar-refractivity contribution in [3.8, 4) is 0 Å². The fourth-order valence-electron chi connectivity index (χ4n) is 1.34. The standard InChI is InChI=1S/C12H20N2O4/c1-8(15)4-5-10(9(2)16)14-12(18)7-6-11(17)13-3/h10H,4-7H2,1-3H3,(H,13,17)(H,14,18). The summed E-state index contributed by atoms with van der Waals surface area (Å²) in [5.41, 5.74) is 0. The van der Waals surface area contributed by atoms with E-state index in [0.717, 1.165) is 0 Å². The summed E-state index contributed by atoms with van der Waals surface area (Å²) in [7, 11) is 1.49. The third-order valence-corrected chi connectivity index (χ3v) is 2.47. The lowest BCUT2D eigenvalue weighted by atomic mass is 10.1. The molecule has 0 aromatic carbocycles. The van der Waals surface area contributed by atoms with E-state index in [2.05, 4.69) is 10.6 Å². The second-order valence-electron chi connectivity index (χ2n) is 4.14. The van der Waals surface area contributed by atoms with Crippen LogP contribution in [0.15, 0.2) is 0 Å². The van der Waals surface area contributed by atoms with Crippen LogP contribution in [0.25, 0.3) is 0 Å². The summed E-state index contributed by atoms with van der Waals surface area (Å²) in [5, 5.41) is 4.94. The minimum atomic E-state index is -0.647. The van der Waals surface area contributed by atoms with Crippen molar-refractivity contribution in [3.05, 3.63) is 0 Å². The van der Waals surface area contributed by atoms with Crippen LogP contribution in [0.1, 0.15) is 39.5 Å². The van der Waals surface area contributed by atoms with Crippen molar-refractivity contribution in [3.63, 3.8) is 0 Å². The molecule has 0 saturated carbocycles. The van der Waals surface area contributed by atoms with Crippen LogP contribution in [0.3, 0.4) is 0 Å². The number of nitrogens with one attached hydrogen (secondary N) is 2. The van der Waals surface area contributed by atoms with E-state index in [0.29, 0.717) is 6.42 Å². The van der Waals surface area contributed by atoms with E-state index in [1.807, 2.05) is 0 Å². The van der Waals surface area contributed by atoms with E-state index in [9.17, 15) is 19.2 Å². The second kappa shape index (κ2) is 8.38. The fourth-order valence-corrected chi connectivity index (χ4v) is 1.34. The van der Waals surface area contributed by atoms with Gasteiger partial charge in [0, 0.05) is 26.3 Å². The monoisotopic (exact) mass is 256 g/mol. The summed E-state index contributed by atoms with van der Waals surface area (Å²) in [5.74, 6) is -0.805. The number of ketones is 2. The average molecular weight is 256 g/mol. The number of carbonyl (C=O) groups is 4. The number of Topliss-reactive ketones (excluding diaryl/α,β-unsaturated/α-hetero) is 2. The van der Waals surface area contributed by atoms with Gasteiger partial charge in [0.25, 0.3) is 0 Å². The molecule has 102 valence electrons. The molecule has 0 radical (unpaired) electrons. The van der Waals surface area contributed by atoms with Gasteiger partial charge in [-0.05, 0) is 20.3 Å². The summed E-state index contributed by atoms with van der Waals surface area (Å²) in [6.45, 7) is 2.80. The Kier molecular flexibility index (Phi) is 7.58. The van der Waals surface area contributed by atoms with Crippen molar-refractivity contribution in [1.29, 1.82) is 0 Å². The summed E-state index contributed by atoms with van der Waals surface area (Å²) in [6, 6.07) is -0.647. The van der Waals surface area contributed by atoms with Crippen LogP contribution < -0.4 is 10.6 Å². The van der Waals surface area contributed by atoms with E-state index in [1.54, 1.807) is 0 Å². The Morgan fingerprint density at radius 2 is 1.50 bits per heavy atom. The highest BCUT2D eigenvalue weighted by molar-refractivity contribution is 5.89. The van der Waals surface area contributed by atoms with Gasteiger partial charge in [-0.3, -0.25) is 14.4 Å². The molecule has 2 amide bonds. The summed E-state index contributed by atoms with van der Waals surface area (Å²) in [4.78, 5) is 44.6. The molecule has 0 aliphatic carbocycles. The topological polar surface area (TPSA) is 92.3 Å². The molecule has 0 bridgehead atoms. The Labute approximate surface area is 106 Å². The minimum Gasteiger partial charge on any atom is -0.359 e. The lowest BCUT2D eigenvalue weighted by molar-refractivity contribution is -0.129. The first-order valence-electron chi connectivity index (χ1n) is 5.86. The molecular formula is C12H20N2O4. The Hall–Kier alpha value is -1.72.